The number of halogens is 1. The molecule has 3 nitrogen and oxygen atoms in total. The molecular weight excluding hydrogens is 291 g/mol. The quantitative estimate of drug-likeness (QED) is 0.864. The molecule has 4 aliphatic rings. The van der Waals surface area contributed by atoms with Crippen LogP contribution in [0, 0.1) is 11.3 Å². The summed E-state index contributed by atoms with van der Waals surface area (Å²) in [6.07, 6.45) is 14.7. The van der Waals surface area contributed by atoms with E-state index in [1.165, 1.54) is 18.5 Å². The smallest absolute Gasteiger partial charge is 0.0961 e. The number of nitrogens with two attached hydrogens (primary N) is 1. The van der Waals surface area contributed by atoms with Crippen molar-refractivity contribution in [1.29, 1.82) is 0 Å². The van der Waals surface area contributed by atoms with Crippen LogP contribution in [0.2, 0.25) is 0 Å². The van der Waals surface area contributed by atoms with Crippen LogP contribution in [0.3, 0.4) is 0 Å². The summed E-state index contributed by atoms with van der Waals surface area (Å²) in [5.41, 5.74) is 7.57. The van der Waals surface area contributed by atoms with Gasteiger partial charge in [0.2, 0.25) is 0 Å². The lowest BCUT2D eigenvalue weighted by Crippen LogP contribution is -2.63. The third-order valence-corrected chi connectivity index (χ3v) is 5.90. The first-order valence-corrected chi connectivity index (χ1v) is 8.99. The number of hydrogen-bond acceptors (Lipinski definition) is 3. The van der Waals surface area contributed by atoms with E-state index in [9.17, 15) is 4.39 Å². The molecule has 2 fully saturated rings. The van der Waals surface area contributed by atoms with Crippen molar-refractivity contribution in [2.45, 2.75) is 50.7 Å². The van der Waals surface area contributed by atoms with Crippen LogP contribution in [0.15, 0.2) is 35.8 Å². The van der Waals surface area contributed by atoms with Crippen molar-refractivity contribution < 1.29 is 9.13 Å². The Labute approximate surface area is 138 Å². The SMILES string of the molecule is NCC1C=CC(N2CC3(CC(O[C@H]4CC=C(F)CC4)C3)C2)=CC1. The number of likely N-dealkylation sites (tertiary alicyclic amines) is 1. The Hall–Kier alpha value is -1.13. The molecule has 0 aromatic carbocycles. The minimum atomic E-state index is 0.0373. The number of nitrogens with zero attached hydrogens (tertiary/aromatic N) is 1. The van der Waals surface area contributed by atoms with Crippen molar-refractivity contribution in [3.05, 3.63) is 35.8 Å². The minimum Gasteiger partial charge on any atom is -0.375 e. The molecule has 1 saturated carbocycles. The van der Waals surface area contributed by atoms with Gasteiger partial charge >= 0.3 is 0 Å². The molecule has 0 aromatic heterocycles. The minimum absolute atomic E-state index is 0.0373. The van der Waals surface area contributed by atoms with Gasteiger partial charge in [0.15, 0.2) is 0 Å². The van der Waals surface area contributed by atoms with Gasteiger partial charge in [-0.25, -0.2) is 4.39 Å². The lowest BCUT2D eigenvalue weighted by Gasteiger charge is -2.60. The summed E-state index contributed by atoms with van der Waals surface area (Å²) in [6.45, 7) is 3.06. The van der Waals surface area contributed by atoms with Crippen molar-refractivity contribution in [2.24, 2.45) is 17.1 Å². The Kier molecular flexibility index (Phi) is 4.06. The van der Waals surface area contributed by atoms with Gasteiger partial charge in [0.25, 0.3) is 0 Å². The Morgan fingerprint density at radius 3 is 2.65 bits per heavy atom. The van der Waals surface area contributed by atoms with Gasteiger partial charge in [-0.3, -0.25) is 0 Å². The lowest BCUT2D eigenvalue weighted by molar-refractivity contribution is -0.161. The molecule has 4 rings (SSSR count). The van der Waals surface area contributed by atoms with Crippen molar-refractivity contribution >= 4 is 0 Å². The maximum atomic E-state index is 13.0. The van der Waals surface area contributed by atoms with E-state index in [-0.39, 0.29) is 11.9 Å². The molecule has 0 amide bonds. The van der Waals surface area contributed by atoms with E-state index in [2.05, 4.69) is 23.1 Å². The van der Waals surface area contributed by atoms with E-state index in [4.69, 9.17) is 10.5 Å². The molecule has 126 valence electrons. The normalized spacial score (nSPS) is 33.0. The third-order valence-electron chi connectivity index (χ3n) is 5.90. The summed E-state index contributed by atoms with van der Waals surface area (Å²) in [4.78, 5) is 2.48. The van der Waals surface area contributed by atoms with E-state index < -0.39 is 0 Å². The predicted molar refractivity (Wildman–Crippen MR) is 89.3 cm³/mol. The van der Waals surface area contributed by atoms with Crippen LogP contribution < -0.4 is 5.73 Å². The molecule has 23 heavy (non-hydrogen) atoms. The van der Waals surface area contributed by atoms with Crippen molar-refractivity contribution in [1.82, 2.24) is 4.90 Å². The topological polar surface area (TPSA) is 38.5 Å². The second-order valence-electron chi connectivity index (χ2n) is 7.79. The first-order valence-electron chi connectivity index (χ1n) is 8.99. The van der Waals surface area contributed by atoms with Crippen LogP contribution in [-0.4, -0.2) is 36.7 Å². The first-order chi connectivity index (χ1) is 11.2. The van der Waals surface area contributed by atoms with Gasteiger partial charge in [0.1, 0.15) is 0 Å². The Bertz CT molecular complexity index is 540. The Morgan fingerprint density at radius 1 is 1.22 bits per heavy atom. The highest BCUT2D eigenvalue weighted by Crippen LogP contribution is 2.51. The van der Waals surface area contributed by atoms with Gasteiger partial charge < -0.3 is 15.4 Å². The highest BCUT2D eigenvalue weighted by Gasteiger charge is 2.53. The molecule has 1 heterocycles. The molecule has 1 unspecified atom stereocenters. The van der Waals surface area contributed by atoms with Gasteiger partial charge in [-0.2, -0.15) is 0 Å². The number of rotatable bonds is 4. The van der Waals surface area contributed by atoms with Crippen molar-refractivity contribution in [3.63, 3.8) is 0 Å². The molecular formula is C19H27FN2O. The van der Waals surface area contributed by atoms with E-state index in [1.54, 1.807) is 6.08 Å². The van der Waals surface area contributed by atoms with Gasteiger partial charge in [0.05, 0.1) is 18.0 Å². The first kappa shape index (κ1) is 15.4. The van der Waals surface area contributed by atoms with E-state index in [0.29, 0.717) is 23.9 Å². The molecule has 3 aliphatic carbocycles. The second kappa shape index (κ2) is 6.06. The molecule has 0 aromatic rings. The number of ether oxygens (including phenoxy) is 1. The van der Waals surface area contributed by atoms with Crippen LogP contribution in [-0.2, 0) is 4.74 Å². The fourth-order valence-corrected chi connectivity index (χ4v) is 4.44. The van der Waals surface area contributed by atoms with E-state index in [1.807, 2.05) is 0 Å². The third kappa shape index (κ3) is 3.11. The van der Waals surface area contributed by atoms with Crippen LogP contribution in [0.4, 0.5) is 4.39 Å². The summed E-state index contributed by atoms with van der Waals surface area (Å²) >= 11 is 0. The maximum absolute atomic E-state index is 13.0. The molecule has 2 atom stereocenters. The summed E-state index contributed by atoms with van der Waals surface area (Å²) < 4.78 is 19.2. The zero-order valence-electron chi connectivity index (χ0n) is 13.7. The lowest BCUT2D eigenvalue weighted by atomic mass is 9.61. The van der Waals surface area contributed by atoms with Crippen LogP contribution in [0.5, 0.6) is 0 Å². The average Bonchev–Trinajstić information content (AvgIpc) is 2.50. The fourth-order valence-electron chi connectivity index (χ4n) is 4.44. The van der Waals surface area contributed by atoms with E-state index >= 15 is 0 Å². The Balaban J connectivity index is 1.20. The van der Waals surface area contributed by atoms with Gasteiger partial charge in [-0.1, -0.05) is 18.2 Å². The summed E-state index contributed by atoms with van der Waals surface area (Å²) in [5.74, 6) is 0.556. The van der Waals surface area contributed by atoms with Crippen LogP contribution in [0.1, 0.15) is 38.5 Å². The fraction of sp³-hybridized carbons (Fsp3) is 0.684. The molecule has 4 heteroatoms. The summed E-state index contributed by atoms with van der Waals surface area (Å²) in [7, 11) is 0. The zero-order valence-corrected chi connectivity index (χ0v) is 13.7. The number of hydrogen-bond donors (Lipinski definition) is 1. The average molecular weight is 318 g/mol. The van der Waals surface area contributed by atoms with E-state index in [0.717, 1.165) is 38.9 Å². The number of allylic oxidation sites excluding steroid dienone is 3. The molecule has 1 spiro atoms. The molecule has 1 saturated heterocycles. The summed E-state index contributed by atoms with van der Waals surface area (Å²) in [6, 6.07) is 0. The van der Waals surface area contributed by atoms with Crippen LogP contribution in [0.25, 0.3) is 0 Å². The van der Waals surface area contributed by atoms with Gasteiger partial charge in [0, 0.05) is 30.6 Å². The molecule has 0 bridgehead atoms. The highest BCUT2D eigenvalue weighted by molar-refractivity contribution is 5.26. The molecule has 1 aliphatic heterocycles. The van der Waals surface area contributed by atoms with Crippen molar-refractivity contribution in [2.75, 3.05) is 19.6 Å². The Morgan fingerprint density at radius 2 is 2.04 bits per heavy atom. The van der Waals surface area contributed by atoms with Crippen molar-refractivity contribution in [3.8, 4) is 0 Å². The largest absolute Gasteiger partial charge is 0.375 e. The predicted octanol–water partition coefficient (Wildman–Crippen LogP) is 3.29. The molecule has 0 radical (unpaired) electrons. The molecule has 2 N–H and O–H groups in total. The monoisotopic (exact) mass is 318 g/mol. The highest BCUT2D eigenvalue weighted by atomic mass is 19.1. The second-order valence-corrected chi connectivity index (χ2v) is 7.79. The zero-order chi connectivity index (χ0) is 15.9. The standard InChI is InChI=1S/C19H27FN2O/c20-15-3-7-17(8-4-15)23-18-9-19(10-18)12-22(13-19)16-5-1-14(11-21)2-6-16/h1,3,5-6,14,17-18H,2,4,7-13,21H2/t14?,17-/m0/s1. The van der Waals surface area contributed by atoms with Gasteiger partial charge in [-0.05, 0) is 50.6 Å². The van der Waals surface area contributed by atoms with Gasteiger partial charge in [-0.15, -0.1) is 0 Å². The maximum Gasteiger partial charge on any atom is 0.0961 e. The van der Waals surface area contributed by atoms with Crippen LogP contribution >= 0.6 is 0 Å². The summed E-state index contributed by atoms with van der Waals surface area (Å²) in [5, 5.41) is 0.